The number of carbonyl (C=O) groups is 1. The van der Waals surface area contributed by atoms with Crippen LogP contribution in [0, 0.1) is 0 Å². The van der Waals surface area contributed by atoms with Gasteiger partial charge in [-0.15, -0.1) is 5.10 Å². The predicted octanol–water partition coefficient (Wildman–Crippen LogP) is 1.14. The van der Waals surface area contributed by atoms with Crippen LogP contribution in [0.1, 0.15) is 19.4 Å². The van der Waals surface area contributed by atoms with Crippen LogP contribution in [0.15, 0.2) is 28.0 Å². The lowest BCUT2D eigenvalue weighted by molar-refractivity contribution is -0.131. The number of amides is 1. The Hall–Kier alpha value is -2.61. The zero-order valence-corrected chi connectivity index (χ0v) is 15.4. The van der Waals surface area contributed by atoms with E-state index >= 15 is 0 Å². The van der Waals surface area contributed by atoms with Crippen molar-refractivity contribution in [3.8, 4) is 5.69 Å². The van der Waals surface area contributed by atoms with Crippen LogP contribution in [-0.4, -0.2) is 57.2 Å². The van der Waals surface area contributed by atoms with Crippen LogP contribution in [0.4, 0.5) is 5.95 Å². The first-order valence-corrected chi connectivity index (χ1v) is 9.02. The number of anilines is 1. The third-order valence-electron chi connectivity index (χ3n) is 4.75. The SMILES string of the molecule is CCN(CC)C(=O)Cn1nc2n(c1=O)-c1cc(Cl)ccc1C1=NCCN12. The maximum Gasteiger partial charge on any atom is 0.352 e. The molecule has 2 aromatic rings. The van der Waals surface area contributed by atoms with E-state index in [0.29, 0.717) is 42.8 Å². The molecule has 0 aliphatic carbocycles. The van der Waals surface area contributed by atoms with E-state index in [-0.39, 0.29) is 18.1 Å². The molecule has 136 valence electrons. The number of carbonyl (C=O) groups excluding carboxylic acids is 1. The van der Waals surface area contributed by atoms with Crippen molar-refractivity contribution in [3.05, 3.63) is 39.3 Å². The van der Waals surface area contributed by atoms with Crippen LogP contribution in [0.25, 0.3) is 5.69 Å². The Bertz CT molecular complexity index is 972. The number of amidine groups is 1. The van der Waals surface area contributed by atoms with Gasteiger partial charge in [-0.05, 0) is 32.0 Å². The number of hydrogen-bond acceptors (Lipinski definition) is 5. The smallest absolute Gasteiger partial charge is 0.342 e. The van der Waals surface area contributed by atoms with Gasteiger partial charge in [-0.3, -0.25) is 14.7 Å². The third kappa shape index (κ3) is 2.44. The van der Waals surface area contributed by atoms with Crippen molar-refractivity contribution >= 4 is 29.3 Å². The fourth-order valence-corrected chi connectivity index (χ4v) is 3.61. The molecule has 0 spiro atoms. The van der Waals surface area contributed by atoms with Crippen molar-refractivity contribution in [1.29, 1.82) is 0 Å². The van der Waals surface area contributed by atoms with E-state index in [0.717, 1.165) is 11.4 Å². The van der Waals surface area contributed by atoms with Crippen LogP contribution in [-0.2, 0) is 11.3 Å². The van der Waals surface area contributed by atoms with Gasteiger partial charge in [-0.1, -0.05) is 11.6 Å². The molecule has 8 nitrogen and oxygen atoms in total. The predicted molar refractivity (Wildman–Crippen MR) is 99.5 cm³/mol. The summed E-state index contributed by atoms with van der Waals surface area (Å²) in [5.41, 5.74) is 1.14. The molecule has 0 saturated heterocycles. The molecule has 9 heteroatoms. The summed E-state index contributed by atoms with van der Waals surface area (Å²) < 4.78 is 2.74. The summed E-state index contributed by atoms with van der Waals surface area (Å²) >= 11 is 6.15. The summed E-state index contributed by atoms with van der Waals surface area (Å²) in [4.78, 5) is 33.6. The van der Waals surface area contributed by atoms with E-state index in [4.69, 9.17) is 11.6 Å². The van der Waals surface area contributed by atoms with E-state index < -0.39 is 0 Å². The minimum absolute atomic E-state index is 0.0866. The second kappa shape index (κ2) is 6.28. The van der Waals surface area contributed by atoms with Crippen molar-refractivity contribution in [2.24, 2.45) is 4.99 Å². The molecule has 0 radical (unpaired) electrons. The molecule has 26 heavy (non-hydrogen) atoms. The van der Waals surface area contributed by atoms with Crippen molar-refractivity contribution in [3.63, 3.8) is 0 Å². The molecule has 0 bridgehead atoms. The van der Waals surface area contributed by atoms with Gasteiger partial charge < -0.3 is 4.90 Å². The average Bonchev–Trinajstić information content (AvgIpc) is 3.22. The Balaban J connectivity index is 1.83. The van der Waals surface area contributed by atoms with Gasteiger partial charge in [0.25, 0.3) is 0 Å². The van der Waals surface area contributed by atoms with E-state index in [1.165, 1.54) is 9.25 Å². The van der Waals surface area contributed by atoms with E-state index in [9.17, 15) is 9.59 Å². The van der Waals surface area contributed by atoms with Crippen LogP contribution in [0.3, 0.4) is 0 Å². The molecule has 0 N–H and O–H groups in total. The number of nitrogens with zero attached hydrogens (tertiary/aromatic N) is 6. The number of aliphatic imine (C=N–C) groups is 1. The van der Waals surface area contributed by atoms with Gasteiger partial charge in [-0.2, -0.15) is 0 Å². The highest BCUT2D eigenvalue weighted by Crippen LogP contribution is 2.31. The number of rotatable bonds is 4. The van der Waals surface area contributed by atoms with Crippen LogP contribution in [0.2, 0.25) is 5.02 Å². The molecule has 0 saturated carbocycles. The Labute approximate surface area is 155 Å². The quantitative estimate of drug-likeness (QED) is 0.804. The molecular formula is C17H19ClN6O2. The van der Waals surface area contributed by atoms with Gasteiger partial charge in [0.05, 0.1) is 12.2 Å². The van der Waals surface area contributed by atoms with Gasteiger partial charge >= 0.3 is 5.69 Å². The number of fused-ring (bicyclic) bond motifs is 6. The van der Waals surface area contributed by atoms with Gasteiger partial charge in [0.15, 0.2) is 0 Å². The minimum Gasteiger partial charge on any atom is -0.342 e. The van der Waals surface area contributed by atoms with Gasteiger partial charge in [-0.25, -0.2) is 14.0 Å². The van der Waals surface area contributed by atoms with Crippen LogP contribution in [0.5, 0.6) is 0 Å². The lowest BCUT2D eigenvalue weighted by Crippen LogP contribution is -2.38. The lowest BCUT2D eigenvalue weighted by atomic mass is 10.1. The Morgan fingerprint density at radius 3 is 2.81 bits per heavy atom. The molecular weight excluding hydrogens is 356 g/mol. The summed E-state index contributed by atoms with van der Waals surface area (Å²) in [7, 11) is 0. The summed E-state index contributed by atoms with van der Waals surface area (Å²) in [5.74, 6) is 1.14. The highest BCUT2D eigenvalue weighted by Gasteiger charge is 2.35. The monoisotopic (exact) mass is 374 g/mol. The molecule has 2 aliphatic heterocycles. The van der Waals surface area contributed by atoms with Crippen molar-refractivity contribution in [2.45, 2.75) is 20.4 Å². The topological polar surface area (TPSA) is 75.7 Å². The average molecular weight is 375 g/mol. The molecule has 1 aromatic carbocycles. The van der Waals surface area contributed by atoms with Crippen molar-refractivity contribution < 1.29 is 4.79 Å². The molecule has 3 heterocycles. The molecule has 2 aliphatic rings. The largest absolute Gasteiger partial charge is 0.352 e. The number of benzene rings is 1. The summed E-state index contributed by atoms with van der Waals surface area (Å²) in [6.45, 7) is 6.21. The molecule has 0 fully saturated rings. The molecule has 0 atom stereocenters. The normalized spacial score (nSPS) is 14.6. The first-order valence-electron chi connectivity index (χ1n) is 8.65. The summed E-state index contributed by atoms with van der Waals surface area (Å²) in [6.07, 6.45) is 0. The Morgan fingerprint density at radius 1 is 1.31 bits per heavy atom. The second-order valence-corrected chi connectivity index (χ2v) is 6.60. The van der Waals surface area contributed by atoms with Gasteiger partial charge in [0, 0.05) is 30.2 Å². The number of hydrogen-bond donors (Lipinski definition) is 0. The lowest BCUT2D eigenvalue weighted by Gasteiger charge is -2.26. The van der Waals surface area contributed by atoms with Crippen molar-refractivity contribution in [1.82, 2.24) is 19.2 Å². The van der Waals surface area contributed by atoms with Crippen LogP contribution >= 0.6 is 11.6 Å². The molecule has 1 aromatic heterocycles. The Morgan fingerprint density at radius 2 is 2.08 bits per heavy atom. The van der Waals surface area contributed by atoms with Gasteiger partial charge in [0.2, 0.25) is 11.9 Å². The molecule has 1 amide bonds. The van der Waals surface area contributed by atoms with E-state index in [2.05, 4.69) is 10.1 Å². The standard InChI is InChI=1S/C17H19ClN6O2/c1-3-21(4-2)14(25)10-23-17(26)24-13-9-11(18)5-6-12(13)15-19-7-8-22(15)16(24)20-23/h5-6,9H,3-4,7-8,10H2,1-2H3. The maximum absolute atomic E-state index is 13.0. The number of halogens is 1. The highest BCUT2D eigenvalue weighted by molar-refractivity contribution is 6.31. The fraction of sp³-hybridized carbons (Fsp3) is 0.412. The first kappa shape index (κ1) is 16.8. The first-order chi connectivity index (χ1) is 12.5. The van der Waals surface area contributed by atoms with Crippen LogP contribution < -0.4 is 10.6 Å². The minimum atomic E-state index is -0.352. The maximum atomic E-state index is 13.0. The summed E-state index contributed by atoms with van der Waals surface area (Å²) in [6, 6.07) is 5.38. The van der Waals surface area contributed by atoms with Gasteiger partial charge in [0.1, 0.15) is 12.4 Å². The van der Waals surface area contributed by atoms with Crippen molar-refractivity contribution in [2.75, 3.05) is 31.1 Å². The summed E-state index contributed by atoms with van der Waals surface area (Å²) in [5, 5.41) is 4.96. The zero-order chi connectivity index (χ0) is 18.4. The Kier molecular flexibility index (Phi) is 4.07. The number of aromatic nitrogens is 3. The zero-order valence-electron chi connectivity index (χ0n) is 14.6. The molecule has 0 unspecified atom stereocenters. The number of likely N-dealkylation sites (N-methyl/N-ethyl adjacent to an activating group) is 1. The third-order valence-corrected chi connectivity index (χ3v) is 4.98. The fourth-order valence-electron chi connectivity index (χ4n) is 3.44. The second-order valence-electron chi connectivity index (χ2n) is 6.16. The highest BCUT2D eigenvalue weighted by atomic mass is 35.5. The molecule has 4 rings (SSSR count). The van der Waals surface area contributed by atoms with E-state index in [1.54, 1.807) is 17.0 Å². The van der Waals surface area contributed by atoms with E-state index in [1.807, 2.05) is 24.8 Å².